The van der Waals surface area contributed by atoms with E-state index < -0.39 is 45.7 Å². The Hall–Kier alpha value is -4.25. The Bertz CT molecular complexity index is 1600. The van der Waals surface area contributed by atoms with Crippen LogP contribution in [-0.2, 0) is 34.0 Å². The number of amides is 2. The van der Waals surface area contributed by atoms with Crippen LogP contribution in [0.2, 0.25) is 0 Å². The van der Waals surface area contributed by atoms with Crippen LogP contribution in [-0.4, -0.2) is 31.8 Å². The first-order valence-electron chi connectivity index (χ1n) is 10.4. The molecule has 10 nitrogen and oxygen atoms in total. The van der Waals surface area contributed by atoms with E-state index in [1.165, 1.54) is 38.4 Å². The third-order valence-corrected chi connectivity index (χ3v) is 6.81. The van der Waals surface area contributed by atoms with Crippen LogP contribution in [0, 0.1) is 0 Å². The molecule has 2 aliphatic rings. The fraction of sp³-hybridized carbons (Fsp3) is 0.125. The van der Waals surface area contributed by atoms with Crippen molar-refractivity contribution in [3.8, 4) is 0 Å². The van der Waals surface area contributed by atoms with Crippen LogP contribution in [0.15, 0.2) is 74.2 Å². The van der Waals surface area contributed by atoms with Crippen molar-refractivity contribution >= 4 is 50.8 Å². The smallest absolute Gasteiger partial charge is 0.332 e. The van der Waals surface area contributed by atoms with Crippen LogP contribution in [0.5, 0.6) is 0 Å². The number of hydrogen-bond acceptors (Lipinski definition) is 6. The summed E-state index contributed by atoms with van der Waals surface area (Å²) in [7, 11) is 2.58. The molecule has 1 spiro atoms. The molecule has 2 amide bonds. The lowest BCUT2D eigenvalue weighted by Gasteiger charge is -2.33. The molecule has 1 atom stereocenters. The van der Waals surface area contributed by atoms with Gasteiger partial charge in [0.05, 0.1) is 11.1 Å². The van der Waals surface area contributed by atoms with Crippen LogP contribution >= 0.6 is 15.9 Å². The highest BCUT2D eigenvalue weighted by Crippen LogP contribution is 2.51. The molecule has 0 saturated carbocycles. The first-order chi connectivity index (χ1) is 16.6. The second-order valence-electron chi connectivity index (χ2n) is 8.13. The van der Waals surface area contributed by atoms with E-state index in [0.717, 1.165) is 14.0 Å². The van der Waals surface area contributed by atoms with E-state index >= 15 is 0 Å². The number of benzene rings is 2. The Kier molecular flexibility index (Phi) is 4.92. The molecule has 1 saturated heterocycles. The highest BCUT2D eigenvalue weighted by molar-refractivity contribution is 9.10. The number of halogens is 1. The minimum atomic E-state index is -2.35. The van der Waals surface area contributed by atoms with Gasteiger partial charge in [0.15, 0.2) is 5.54 Å². The second kappa shape index (κ2) is 7.64. The zero-order valence-electron chi connectivity index (χ0n) is 18.4. The third kappa shape index (κ3) is 2.84. The van der Waals surface area contributed by atoms with Crippen LogP contribution in [0.3, 0.4) is 0 Å². The Balaban J connectivity index is 1.99. The number of aliphatic hydroxyl groups is 1. The number of nitrogens with zero attached hydrogens (tertiary/aromatic N) is 3. The van der Waals surface area contributed by atoms with E-state index in [0.29, 0.717) is 4.47 Å². The van der Waals surface area contributed by atoms with Gasteiger partial charge in [0.1, 0.15) is 11.6 Å². The molecule has 1 unspecified atom stereocenters. The molecule has 5 rings (SSSR count). The Morgan fingerprint density at radius 3 is 2.17 bits per heavy atom. The number of aliphatic hydroxyl groups excluding tert-OH is 1. The molecule has 0 bridgehead atoms. The predicted octanol–water partition coefficient (Wildman–Crippen LogP) is 1.58. The number of hydrogen-bond donors (Lipinski definition) is 2. The van der Waals surface area contributed by atoms with E-state index in [1.807, 2.05) is 0 Å². The summed E-state index contributed by atoms with van der Waals surface area (Å²) >= 11 is 3.31. The van der Waals surface area contributed by atoms with Crippen LogP contribution < -0.4 is 21.5 Å². The molecular formula is C24H17BrN4O6. The average molecular weight is 537 g/mol. The average Bonchev–Trinajstić information content (AvgIpc) is 3.28. The maximum absolute atomic E-state index is 13.8. The molecule has 11 heteroatoms. The van der Waals surface area contributed by atoms with Gasteiger partial charge in [0, 0.05) is 29.8 Å². The van der Waals surface area contributed by atoms with E-state index in [2.05, 4.69) is 21.2 Å². The van der Waals surface area contributed by atoms with Crippen molar-refractivity contribution in [2.24, 2.45) is 14.1 Å². The van der Waals surface area contributed by atoms with Crippen molar-refractivity contribution in [1.29, 1.82) is 0 Å². The molecule has 0 aliphatic carbocycles. The molecule has 1 fully saturated rings. The maximum atomic E-state index is 13.8. The minimum absolute atomic E-state index is 0.140. The summed E-state index contributed by atoms with van der Waals surface area (Å²) in [5.41, 5.74) is -4.52. The molecule has 176 valence electrons. The van der Waals surface area contributed by atoms with Gasteiger partial charge in [0.25, 0.3) is 17.2 Å². The summed E-state index contributed by atoms with van der Waals surface area (Å²) in [6.45, 7) is 0. The second-order valence-corrected chi connectivity index (χ2v) is 9.05. The molecule has 3 heterocycles. The van der Waals surface area contributed by atoms with Crippen molar-refractivity contribution in [2.75, 3.05) is 10.2 Å². The highest BCUT2D eigenvalue weighted by Gasteiger charge is 2.68. The molecule has 1 aromatic heterocycles. The number of ketones is 1. The number of nitrogens with one attached hydrogen (secondary N) is 1. The number of aromatic nitrogens is 2. The van der Waals surface area contributed by atoms with E-state index in [1.54, 1.807) is 30.3 Å². The van der Waals surface area contributed by atoms with Crippen molar-refractivity contribution < 1.29 is 19.5 Å². The number of anilines is 2. The van der Waals surface area contributed by atoms with E-state index in [9.17, 15) is 29.1 Å². The largest absolute Gasteiger partial charge is 0.507 e. The standard InChI is InChI=1S/C24H17BrN4O6/c1-27-19-16(20(32)28(2)23(27)35)24(22(34)26-19)15(17(30)12-6-4-3-5-7-12)18(31)21(33)29(24)14-10-8-13(25)9-11-14/h3-11,30H,1-2H3,(H,26,34)/b17-15-. The molecule has 2 N–H and O–H groups in total. The first-order valence-corrected chi connectivity index (χ1v) is 11.2. The summed E-state index contributed by atoms with van der Waals surface area (Å²) in [5.74, 6) is -3.96. The van der Waals surface area contributed by atoms with Crippen LogP contribution in [0.4, 0.5) is 11.5 Å². The molecule has 2 aromatic carbocycles. The van der Waals surface area contributed by atoms with Crippen LogP contribution in [0.1, 0.15) is 11.1 Å². The molecule has 0 radical (unpaired) electrons. The van der Waals surface area contributed by atoms with Gasteiger partial charge in [-0.3, -0.25) is 33.2 Å². The van der Waals surface area contributed by atoms with Crippen molar-refractivity contribution in [2.45, 2.75) is 5.54 Å². The van der Waals surface area contributed by atoms with Crippen molar-refractivity contribution in [3.05, 3.63) is 96.6 Å². The molecular weight excluding hydrogens is 520 g/mol. The van der Waals surface area contributed by atoms with Crippen molar-refractivity contribution in [3.63, 3.8) is 0 Å². The lowest BCUT2D eigenvalue weighted by Crippen LogP contribution is -2.53. The summed E-state index contributed by atoms with van der Waals surface area (Å²) in [6, 6.07) is 14.1. The number of Topliss-reactive ketones (excluding diaryl/α,β-unsaturated/α-hetero) is 1. The lowest BCUT2D eigenvalue weighted by molar-refractivity contribution is -0.132. The Morgan fingerprint density at radius 1 is 0.914 bits per heavy atom. The molecule has 35 heavy (non-hydrogen) atoms. The zero-order chi connectivity index (χ0) is 25.2. The summed E-state index contributed by atoms with van der Waals surface area (Å²) < 4.78 is 2.50. The van der Waals surface area contributed by atoms with Gasteiger partial charge < -0.3 is 10.4 Å². The number of carbonyl (C=O) groups is 3. The van der Waals surface area contributed by atoms with Gasteiger partial charge >= 0.3 is 11.6 Å². The number of rotatable bonds is 2. The van der Waals surface area contributed by atoms with E-state index in [4.69, 9.17) is 0 Å². The fourth-order valence-electron chi connectivity index (χ4n) is 4.64. The number of fused-ring (bicyclic) bond motifs is 2. The van der Waals surface area contributed by atoms with Gasteiger partial charge in [0.2, 0.25) is 0 Å². The monoisotopic (exact) mass is 536 g/mol. The van der Waals surface area contributed by atoms with E-state index in [-0.39, 0.29) is 22.6 Å². The Morgan fingerprint density at radius 2 is 1.54 bits per heavy atom. The third-order valence-electron chi connectivity index (χ3n) is 6.28. The van der Waals surface area contributed by atoms with Crippen LogP contribution in [0.25, 0.3) is 5.76 Å². The molecule has 2 aliphatic heterocycles. The number of carbonyl (C=O) groups excluding carboxylic acids is 3. The predicted molar refractivity (Wildman–Crippen MR) is 130 cm³/mol. The summed E-state index contributed by atoms with van der Waals surface area (Å²) in [5, 5.41) is 13.8. The van der Waals surface area contributed by atoms with Gasteiger partial charge in [-0.25, -0.2) is 4.79 Å². The Labute approximate surface area is 205 Å². The van der Waals surface area contributed by atoms with Gasteiger partial charge in [-0.15, -0.1) is 0 Å². The van der Waals surface area contributed by atoms with Crippen molar-refractivity contribution in [1.82, 2.24) is 9.13 Å². The zero-order valence-corrected chi connectivity index (χ0v) is 20.0. The van der Waals surface area contributed by atoms with Gasteiger partial charge in [-0.1, -0.05) is 46.3 Å². The topological polar surface area (TPSA) is 131 Å². The minimum Gasteiger partial charge on any atom is -0.507 e. The fourth-order valence-corrected chi connectivity index (χ4v) is 4.90. The lowest BCUT2D eigenvalue weighted by atomic mass is 9.82. The normalized spacial score (nSPS) is 20.4. The summed E-state index contributed by atoms with van der Waals surface area (Å²) in [6.07, 6.45) is 0. The van der Waals surface area contributed by atoms with Gasteiger partial charge in [-0.05, 0) is 24.3 Å². The maximum Gasteiger partial charge on any atom is 0.332 e. The van der Waals surface area contributed by atoms with Gasteiger partial charge in [-0.2, -0.15) is 0 Å². The summed E-state index contributed by atoms with van der Waals surface area (Å²) in [4.78, 5) is 67.7. The molecule has 3 aromatic rings. The quantitative estimate of drug-likeness (QED) is 0.290. The highest BCUT2D eigenvalue weighted by atomic mass is 79.9. The first kappa shape index (κ1) is 22.5. The SMILES string of the molecule is Cn1c2c(c(=O)n(C)c1=O)C1(C(=O)N2)/C(=C(\O)c2ccccc2)C(=O)C(=O)N1c1ccc(Br)cc1.